The number of nitrogens with zero attached hydrogens (tertiary/aromatic N) is 4. The molecule has 0 spiro atoms. The van der Waals surface area contributed by atoms with Gasteiger partial charge in [0.2, 0.25) is 17.7 Å². The van der Waals surface area contributed by atoms with Crippen LogP contribution >= 0.6 is 0 Å². The fourth-order valence-electron chi connectivity index (χ4n) is 6.21. The fraction of sp³-hybridized carbons (Fsp3) is 0.613. The number of amides is 4. The highest BCUT2D eigenvalue weighted by Crippen LogP contribution is 2.39. The number of nitrogens with one attached hydrogen (secondary N) is 1. The number of benzene rings is 1. The van der Waals surface area contributed by atoms with Crippen LogP contribution in [0, 0.1) is 5.92 Å². The van der Waals surface area contributed by atoms with E-state index in [2.05, 4.69) is 29.1 Å². The maximum absolute atomic E-state index is 14.3. The molecule has 3 aliphatic rings. The monoisotopic (exact) mass is 595 g/mol. The average molecular weight is 596 g/mol. The summed E-state index contributed by atoms with van der Waals surface area (Å²) in [7, 11) is 0. The molecular formula is C31H45N7O5. The van der Waals surface area contributed by atoms with Gasteiger partial charge in [-0.2, -0.15) is 0 Å². The summed E-state index contributed by atoms with van der Waals surface area (Å²) in [5, 5.41) is 14.6. The molecular weight excluding hydrogens is 550 g/mol. The number of guanidine groups is 1. The lowest BCUT2D eigenvalue weighted by atomic mass is 9.87. The lowest BCUT2D eigenvalue weighted by molar-refractivity contribution is -0.157. The van der Waals surface area contributed by atoms with Gasteiger partial charge in [0, 0.05) is 37.7 Å². The summed E-state index contributed by atoms with van der Waals surface area (Å²) >= 11 is 0. The van der Waals surface area contributed by atoms with Crippen LogP contribution in [-0.4, -0.2) is 81.9 Å². The van der Waals surface area contributed by atoms with Crippen LogP contribution in [0.4, 0.5) is 5.69 Å². The summed E-state index contributed by atoms with van der Waals surface area (Å²) < 4.78 is 0. The summed E-state index contributed by atoms with van der Waals surface area (Å²) in [5.74, 6) is -1.66. The quantitative estimate of drug-likeness (QED) is 0.161. The number of aliphatic hydroxyl groups is 1. The summed E-state index contributed by atoms with van der Waals surface area (Å²) in [6, 6.07) is 3.87. The first-order valence-electron chi connectivity index (χ1n) is 15.4. The van der Waals surface area contributed by atoms with Crippen molar-refractivity contribution in [1.82, 2.24) is 15.1 Å². The Kier molecular flexibility index (Phi) is 10.5. The number of carbonyl (C=O) groups is 4. The highest BCUT2D eigenvalue weighted by atomic mass is 16.3. The first-order chi connectivity index (χ1) is 20.5. The molecule has 0 saturated carbocycles. The van der Waals surface area contributed by atoms with Gasteiger partial charge in [-0.25, -0.2) is 0 Å². The van der Waals surface area contributed by atoms with E-state index >= 15 is 0 Å². The molecule has 1 aromatic rings. The molecule has 1 aromatic carbocycles. The van der Waals surface area contributed by atoms with E-state index in [-0.39, 0.29) is 31.8 Å². The van der Waals surface area contributed by atoms with E-state index < -0.39 is 47.4 Å². The first kappa shape index (κ1) is 32.1. The highest BCUT2D eigenvalue weighted by Gasteiger charge is 2.49. The van der Waals surface area contributed by atoms with Gasteiger partial charge in [-0.3, -0.25) is 34.1 Å². The van der Waals surface area contributed by atoms with Gasteiger partial charge in [0.05, 0.1) is 5.69 Å². The molecule has 3 aliphatic heterocycles. The van der Waals surface area contributed by atoms with Crippen molar-refractivity contribution >= 4 is 41.5 Å². The van der Waals surface area contributed by atoms with E-state index in [1.54, 1.807) is 24.3 Å². The molecule has 4 rings (SSSR count). The van der Waals surface area contributed by atoms with E-state index in [0.29, 0.717) is 49.4 Å². The van der Waals surface area contributed by atoms with Crippen LogP contribution in [0.25, 0.3) is 0 Å². The minimum atomic E-state index is -1.68. The van der Waals surface area contributed by atoms with E-state index in [4.69, 9.17) is 11.5 Å². The van der Waals surface area contributed by atoms with Gasteiger partial charge in [0.15, 0.2) is 5.96 Å². The number of hydrogen-bond acceptors (Lipinski definition) is 7. The number of para-hydroxylation sites is 1. The van der Waals surface area contributed by atoms with Gasteiger partial charge < -0.3 is 26.8 Å². The van der Waals surface area contributed by atoms with Crippen LogP contribution in [0.15, 0.2) is 34.3 Å². The van der Waals surface area contributed by atoms with Crippen LogP contribution in [0.1, 0.15) is 83.6 Å². The first-order valence-corrected chi connectivity index (χ1v) is 15.4. The number of nitrogens with two attached hydrogens (primary N) is 2. The Hall–Kier alpha value is -3.80. The fourth-order valence-corrected chi connectivity index (χ4v) is 6.21. The Morgan fingerprint density at radius 1 is 1.14 bits per heavy atom. The third kappa shape index (κ3) is 7.59. The number of carbonyl (C=O) groups excluding carboxylic acids is 4. The second kappa shape index (κ2) is 14.1. The standard InChI is InChI=1S/C31H45N7O5/c1-20(2)10-4-3-5-15-26(39)38-25(18-31(43)19-35-22-12-7-6-11-21(22)31)29(42)37-17-9-14-24(37)27(40)36-23(28(38)41)13-8-16-34-30(32)33/h6-7,11-12,19-20,23-25,43H,3-5,8-10,13-18H2,1-2H3,(H,36,40)(H4,32,33,34). The van der Waals surface area contributed by atoms with Crippen LogP contribution in [0.3, 0.4) is 0 Å². The predicted octanol–water partition coefficient (Wildman–Crippen LogP) is 1.85. The van der Waals surface area contributed by atoms with E-state index in [9.17, 15) is 24.3 Å². The smallest absolute Gasteiger partial charge is 0.252 e. The Morgan fingerprint density at radius 3 is 2.65 bits per heavy atom. The number of unbranched alkanes of at least 4 members (excludes halogenated alkanes) is 2. The SMILES string of the molecule is CC(C)CCCCCC(=O)N1C(=O)C(CCCN=C(N)N)NC(=O)C2CCCN2C(=O)C1CC1(O)C=Nc2ccccc21. The zero-order valence-electron chi connectivity index (χ0n) is 25.2. The van der Waals surface area contributed by atoms with E-state index in [1.807, 2.05) is 0 Å². The molecule has 0 radical (unpaired) electrons. The summed E-state index contributed by atoms with van der Waals surface area (Å²) in [6.45, 7) is 4.84. The Balaban J connectivity index is 1.70. The summed E-state index contributed by atoms with van der Waals surface area (Å²) in [6.07, 6.45) is 6.09. The van der Waals surface area contributed by atoms with E-state index in [0.717, 1.165) is 24.2 Å². The maximum atomic E-state index is 14.3. The van der Waals surface area contributed by atoms with Crippen molar-refractivity contribution in [3.63, 3.8) is 0 Å². The van der Waals surface area contributed by atoms with Crippen molar-refractivity contribution in [2.45, 2.75) is 102 Å². The molecule has 0 aliphatic carbocycles. The number of hydrogen-bond donors (Lipinski definition) is 4. The van der Waals surface area contributed by atoms with Crippen molar-refractivity contribution in [2.24, 2.45) is 27.4 Å². The van der Waals surface area contributed by atoms with Crippen LogP contribution in [-0.2, 0) is 24.8 Å². The highest BCUT2D eigenvalue weighted by molar-refractivity contribution is 6.05. The molecule has 234 valence electrons. The van der Waals surface area contributed by atoms with Crippen LogP contribution in [0.5, 0.6) is 0 Å². The van der Waals surface area contributed by atoms with E-state index in [1.165, 1.54) is 11.1 Å². The molecule has 12 nitrogen and oxygen atoms in total. The zero-order valence-corrected chi connectivity index (χ0v) is 25.2. The number of aliphatic imine (C=N–C) groups is 2. The molecule has 43 heavy (non-hydrogen) atoms. The van der Waals surface area contributed by atoms with Crippen LogP contribution < -0.4 is 16.8 Å². The Morgan fingerprint density at radius 2 is 1.91 bits per heavy atom. The van der Waals surface area contributed by atoms with Crippen molar-refractivity contribution < 1.29 is 24.3 Å². The molecule has 12 heteroatoms. The van der Waals surface area contributed by atoms with Gasteiger partial charge in [0.1, 0.15) is 23.7 Å². The molecule has 4 amide bonds. The molecule has 6 N–H and O–H groups in total. The molecule has 4 unspecified atom stereocenters. The number of rotatable bonds is 12. The normalized spacial score (nSPS) is 25.2. The molecule has 4 atom stereocenters. The summed E-state index contributed by atoms with van der Waals surface area (Å²) in [4.78, 5) is 66.7. The van der Waals surface area contributed by atoms with Gasteiger partial charge in [-0.05, 0) is 44.1 Å². The topological polar surface area (TPSA) is 184 Å². The van der Waals surface area contributed by atoms with Crippen molar-refractivity contribution in [1.29, 1.82) is 0 Å². The minimum absolute atomic E-state index is 0.0643. The third-order valence-electron chi connectivity index (χ3n) is 8.47. The predicted molar refractivity (Wildman–Crippen MR) is 163 cm³/mol. The Labute approximate surface area is 253 Å². The molecule has 3 heterocycles. The van der Waals surface area contributed by atoms with Crippen molar-refractivity contribution in [2.75, 3.05) is 13.1 Å². The van der Waals surface area contributed by atoms with Gasteiger partial charge in [-0.1, -0.05) is 51.3 Å². The van der Waals surface area contributed by atoms with Crippen LogP contribution in [0.2, 0.25) is 0 Å². The largest absolute Gasteiger partial charge is 0.379 e. The van der Waals surface area contributed by atoms with Gasteiger partial charge in [0.25, 0.3) is 5.91 Å². The third-order valence-corrected chi connectivity index (χ3v) is 8.47. The number of fused-ring (bicyclic) bond motifs is 2. The molecule has 0 aromatic heterocycles. The van der Waals surface area contributed by atoms with Crippen molar-refractivity contribution in [3.05, 3.63) is 29.8 Å². The van der Waals surface area contributed by atoms with Gasteiger partial charge in [-0.15, -0.1) is 0 Å². The Bertz CT molecular complexity index is 1260. The second-order valence-corrected chi connectivity index (χ2v) is 12.2. The summed E-state index contributed by atoms with van der Waals surface area (Å²) in [5.41, 5.74) is 10.3. The second-order valence-electron chi connectivity index (χ2n) is 12.2. The van der Waals surface area contributed by atoms with Gasteiger partial charge >= 0.3 is 0 Å². The lowest BCUT2D eigenvalue weighted by Crippen LogP contribution is -2.58. The minimum Gasteiger partial charge on any atom is -0.379 e. The molecule has 2 fully saturated rings. The zero-order chi connectivity index (χ0) is 31.1. The molecule has 0 bridgehead atoms. The van der Waals surface area contributed by atoms with Crippen molar-refractivity contribution in [3.8, 4) is 0 Å². The average Bonchev–Trinajstić information content (AvgIpc) is 3.59. The maximum Gasteiger partial charge on any atom is 0.252 e. The lowest BCUT2D eigenvalue weighted by Gasteiger charge is -2.36. The number of imide groups is 1. The molecule has 2 saturated heterocycles.